The summed E-state index contributed by atoms with van der Waals surface area (Å²) in [5.41, 5.74) is 0.119. The Morgan fingerprint density at radius 2 is 2.08 bits per heavy atom. The van der Waals surface area contributed by atoms with E-state index in [0.717, 1.165) is 0 Å². The molecule has 0 aliphatic carbocycles. The molecule has 8 nitrogen and oxygen atoms in total. The number of amides is 1. The lowest BCUT2D eigenvalue weighted by molar-refractivity contribution is 0.0734. The van der Waals surface area contributed by atoms with Crippen molar-refractivity contribution in [3.8, 4) is 0 Å². The van der Waals surface area contributed by atoms with Gasteiger partial charge in [0.05, 0.1) is 16.1 Å². The Bertz CT molecular complexity index is 940. The lowest BCUT2D eigenvalue weighted by atomic mass is 10.0. The molecule has 3 heterocycles. The standard InChI is InChI=1S/C15H20N4O4S/c1-3-15(4-2)10-18(8-9-24(15,22)23)13(20)11-6-5-7-19-12(11)16-17-14(19)21/h5-7H,3-4,8-10H2,1-2H3,(H,17,21). The first kappa shape index (κ1) is 16.7. The van der Waals surface area contributed by atoms with Crippen LogP contribution in [0, 0.1) is 0 Å². The van der Waals surface area contributed by atoms with Gasteiger partial charge in [-0.2, -0.15) is 5.10 Å². The van der Waals surface area contributed by atoms with Crippen LogP contribution < -0.4 is 5.69 Å². The van der Waals surface area contributed by atoms with E-state index in [1.54, 1.807) is 17.0 Å². The number of carbonyl (C=O) groups is 1. The quantitative estimate of drug-likeness (QED) is 0.864. The van der Waals surface area contributed by atoms with E-state index in [1.165, 1.54) is 10.6 Å². The number of sulfone groups is 1. The Balaban J connectivity index is 2.00. The van der Waals surface area contributed by atoms with Gasteiger partial charge in [0.2, 0.25) is 0 Å². The fourth-order valence-corrected chi connectivity index (χ4v) is 5.45. The van der Waals surface area contributed by atoms with E-state index < -0.39 is 20.3 Å². The minimum Gasteiger partial charge on any atom is -0.336 e. The Morgan fingerprint density at radius 3 is 2.75 bits per heavy atom. The number of hydrogen-bond donors (Lipinski definition) is 1. The molecule has 1 aliphatic heterocycles. The van der Waals surface area contributed by atoms with Crippen molar-refractivity contribution in [2.75, 3.05) is 18.8 Å². The van der Waals surface area contributed by atoms with Gasteiger partial charge < -0.3 is 4.90 Å². The minimum absolute atomic E-state index is 0.0447. The molecule has 0 saturated carbocycles. The fraction of sp³-hybridized carbons (Fsp3) is 0.533. The van der Waals surface area contributed by atoms with Crippen LogP contribution in [0.2, 0.25) is 0 Å². The van der Waals surface area contributed by atoms with Gasteiger partial charge in [0.15, 0.2) is 15.5 Å². The summed E-state index contributed by atoms with van der Waals surface area (Å²) in [5, 5.41) is 6.22. The van der Waals surface area contributed by atoms with Crippen LogP contribution >= 0.6 is 0 Å². The summed E-state index contributed by atoms with van der Waals surface area (Å²) in [5.74, 6) is -0.350. The van der Waals surface area contributed by atoms with Crippen LogP contribution in [0.1, 0.15) is 37.0 Å². The van der Waals surface area contributed by atoms with Crippen LogP contribution in [-0.4, -0.2) is 57.4 Å². The topological polar surface area (TPSA) is 105 Å². The summed E-state index contributed by atoms with van der Waals surface area (Å²) in [6.07, 6.45) is 2.45. The molecule has 3 rings (SSSR count). The second-order valence-corrected chi connectivity index (χ2v) is 8.58. The molecule has 1 amide bonds. The van der Waals surface area contributed by atoms with Crippen molar-refractivity contribution in [1.82, 2.24) is 19.5 Å². The third-order valence-corrected chi connectivity index (χ3v) is 7.76. The predicted molar refractivity (Wildman–Crippen MR) is 88.8 cm³/mol. The van der Waals surface area contributed by atoms with Gasteiger partial charge in [-0.3, -0.25) is 4.79 Å². The summed E-state index contributed by atoms with van der Waals surface area (Å²) in [4.78, 5) is 26.1. The maximum atomic E-state index is 12.9. The van der Waals surface area contributed by atoms with E-state index in [9.17, 15) is 18.0 Å². The van der Waals surface area contributed by atoms with Crippen molar-refractivity contribution in [2.45, 2.75) is 31.4 Å². The third-order valence-electron chi connectivity index (χ3n) is 5.02. The molecule has 130 valence electrons. The molecule has 1 fully saturated rings. The Kier molecular flexibility index (Phi) is 3.98. The van der Waals surface area contributed by atoms with Gasteiger partial charge in [-0.05, 0) is 25.0 Å². The molecule has 0 unspecified atom stereocenters. The maximum Gasteiger partial charge on any atom is 0.347 e. The van der Waals surface area contributed by atoms with E-state index in [1.807, 2.05) is 13.8 Å². The van der Waals surface area contributed by atoms with Crippen LogP contribution in [0.4, 0.5) is 0 Å². The number of rotatable bonds is 3. The van der Waals surface area contributed by atoms with Crippen LogP contribution in [0.5, 0.6) is 0 Å². The van der Waals surface area contributed by atoms with Crippen LogP contribution in [-0.2, 0) is 9.84 Å². The average Bonchev–Trinajstić information content (AvgIpc) is 2.96. The highest BCUT2D eigenvalue weighted by Crippen LogP contribution is 2.32. The van der Waals surface area contributed by atoms with Crippen molar-refractivity contribution < 1.29 is 13.2 Å². The van der Waals surface area contributed by atoms with Crippen molar-refractivity contribution >= 4 is 21.4 Å². The number of hydrogen-bond acceptors (Lipinski definition) is 5. The van der Waals surface area contributed by atoms with Gasteiger partial charge in [-0.15, -0.1) is 0 Å². The van der Waals surface area contributed by atoms with Gasteiger partial charge in [-0.25, -0.2) is 22.7 Å². The molecule has 0 bridgehead atoms. The van der Waals surface area contributed by atoms with Crippen molar-refractivity contribution in [3.05, 3.63) is 34.4 Å². The fourth-order valence-electron chi connectivity index (χ4n) is 3.33. The third kappa shape index (κ3) is 2.34. The van der Waals surface area contributed by atoms with Crippen molar-refractivity contribution in [2.24, 2.45) is 0 Å². The van der Waals surface area contributed by atoms with E-state index >= 15 is 0 Å². The molecule has 1 aliphatic rings. The van der Waals surface area contributed by atoms with E-state index in [0.29, 0.717) is 12.8 Å². The summed E-state index contributed by atoms with van der Waals surface area (Å²) in [6.45, 7) is 3.99. The first-order valence-electron chi connectivity index (χ1n) is 7.92. The maximum absolute atomic E-state index is 12.9. The number of pyridine rings is 1. The lowest BCUT2D eigenvalue weighted by Crippen LogP contribution is -2.57. The zero-order chi connectivity index (χ0) is 17.5. The van der Waals surface area contributed by atoms with Crippen LogP contribution in [0.25, 0.3) is 5.65 Å². The summed E-state index contributed by atoms with van der Waals surface area (Å²) >= 11 is 0. The highest BCUT2D eigenvalue weighted by atomic mass is 32.2. The minimum atomic E-state index is -3.24. The summed E-state index contributed by atoms with van der Waals surface area (Å²) in [7, 11) is -3.24. The molecule has 24 heavy (non-hydrogen) atoms. The number of aromatic nitrogens is 3. The normalized spacial score (nSPS) is 19.5. The Morgan fingerprint density at radius 1 is 1.38 bits per heavy atom. The molecule has 0 spiro atoms. The molecule has 1 N–H and O–H groups in total. The lowest BCUT2D eigenvalue weighted by Gasteiger charge is -2.41. The molecule has 9 heteroatoms. The van der Waals surface area contributed by atoms with Crippen LogP contribution in [0.15, 0.2) is 23.1 Å². The highest BCUT2D eigenvalue weighted by molar-refractivity contribution is 7.92. The second-order valence-electron chi connectivity index (χ2n) is 6.08. The smallest absolute Gasteiger partial charge is 0.336 e. The largest absolute Gasteiger partial charge is 0.347 e. The number of fused-ring (bicyclic) bond motifs is 1. The number of H-pyrrole nitrogens is 1. The molecule has 2 aromatic heterocycles. The molecule has 0 radical (unpaired) electrons. The summed E-state index contributed by atoms with van der Waals surface area (Å²) < 4.78 is 25.3. The number of nitrogens with one attached hydrogen (secondary N) is 1. The number of carbonyl (C=O) groups excluding carboxylic acids is 1. The highest BCUT2D eigenvalue weighted by Gasteiger charge is 2.46. The first-order valence-corrected chi connectivity index (χ1v) is 9.58. The average molecular weight is 352 g/mol. The van der Waals surface area contributed by atoms with Crippen molar-refractivity contribution in [1.29, 1.82) is 0 Å². The predicted octanol–water partition coefficient (Wildman–Crippen LogP) is 0.452. The zero-order valence-electron chi connectivity index (χ0n) is 13.7. The molecule has 2 aromatic rings. The van der Waals surface area contributed by atoms with E-state index in [2.05, 4.69) is 10.2 Å². The molecular formula is C15H20N4O4S. The van der Waals surface area contributed by atoms with Crippen molar-refractivity contribution in [3.63, 3.8) is 0 Å². The molecular weight excluding hydrogens is 332 g/mol. The van der Waals surface area contributed by atoms with Gasteiger partial charge in [0.1, 0.15) is 0 Å². The number of nitrogens with zero attached hydrogens (tertiary/aromatic N) is 3. The number of aromatic amines is 1. The molecule has 0 aromatic carbocycles. The van der Waals surface area contributed by atoms with Crippen LogP contribution in [0.3, 0.4) is 0 Å². The van der Waals surface area contributed by atoms with E-state index in [4.69, 9.17) is 0 Å². The first-order chi connectivity index (χ1) is 11.3. The van der Waals surface area contributed by atoms with Gasteiger partial charge >= 0.3 is 5.69 Å². The monoisotopic (exact) mass is 352 g/mol. The van der Waals surface area contributed by atoms with Gasteiger partial charge in [0, 0.05) is 19.3 Å². The van der Waals surface area contributed by atoms with Gasteiger partial charge in [-0.1, -0.05) is 13.8 Å². The second kappa shape index (κ2) is 5.73. The Hall–Kier alpha value is -2.16. The summed E-state index contributed by atoms with van der Waals surface area (Å²) in [6, 6.07) is 3.20. The molecule has 1 saturated heterocycles. The Labute approximate surface area is 139 Å². The zero-order valence-corrected chi connectivity index (χ0v) is 14.5. The molecule has 0 atom stereocenters. The van der Waals surface area contributed by atoms with Gasteiger partial charge in [0.25, 0.3) is 5.91 Å². The SMILES string of the molecule is CCC1(CC)CN(C(=O)c2cccn3c(=O)[nH]nc23)CCS1(=O)=O. The van der Waals surface area contributed by atoms with E-state index in [-0.39, 0.29) is 36.0 Å².